The minimum absolute atomic E-state index is 0.0275. The predicted molar refractivity (Wildman–Crippen MR) is 91.3 cm³/mol. The Balaban J connectivity index is 1.56. The van der Waals surface area contributed by atoms with Gasteiger partial charge in [0.1, 0.15) is 11.6 Å². The molecular weight excluding hydrogens is 322 g/mol. The van der Waals surface area contributed by atoms with Gasteiger partial charge < -0.3 is 20.3 Å². The smallest absolute Gasteiger partial charge is 0.255 e. The zero-order valence-corrected chi connectivity index (χ0v) is 13.7. The maximum atomic E-state index is 12.6. The van der Waals surface area contributed by atoms with E-state index in [1.54, 1.807) is 42.9 Å². The maximum Gasteiger partial charge on any atom is 0.255 e. The van der Waals surface area contributed by atoms with Gasteiger partial charge in [-0.3, -0.25) is 14.6 Å². The van der Waals surface area contributed by atoms with E-state index in [0.29, 0.717) is 37.5 Å². The number of aromatic nitrogens is 2. The molecule has 130 valence electrons. The zero-order chi connectivity index (χ0) is 17.6. The molecule has 1 aliphatic heterocycles. The molecule has 0 aliphatic carbocycles. The zero-order valence-electron chi connectivity index (χ0n) is 13.7. The van der Waals surface area contributed by atoms with E-state index in [1.165, 1.54) is 0 Å². The molecule has 0 saturated carbocycles. The number of anilines is 1. The lowest BCUT2D eigenvalue weighted by molar-refractivity contribution is -0.119. The molecule has 0 unspecified atom stereocenters. The summed E-state index contributed by atoms with van der Waals surface area (Å²) in [6.07, 6.45) is 5.02. The standard InChI is InChI=1S/C17H19N5O3/c18-15(23)12-25-14-3-1-13(2-4-14)17(24)22-9-7-21(8-10-22)16-11-19-5-6-20-16/h1-6,11H,7-10,12H2,(H2,18,23). The number of nitrogens with two attached hydrogens (primary N) is 1. The van der Waals surface area contributed by atoms with Crippen LogP contribution in [0.25, 0.3) is 0 Å². The molecule has 1 aliphatic rings. The van der Waals surface area contributed by atoms with E-state index in [1.807, 2.05) is 4.90 Å². The van der Waals surface area contributed by atoms with Crippen molar-refractivity contribution in [1.29, 1.82) is 0 Å². The summed E-state index contributed by atoms with van der Waals surface area (Å²) in [4.78, 5) is 35.6. The van der Waals surface area contributed by atoms with Crippen molar-refractivity contribution in [3.05, 3.63) is 48.4 Å². The van der Waals surface area contributed by atoms with Gasteiger partial charge in [-0.1, -0.05) is 0 Å². The summed E-state index contributed by atoms with van der Waals surface area (Å²) in [6.45, 7) is 2.48. The first kappa shape index (κ1) is 16.7. The van der Waals surface area contributed by atoms with Gasteiger partial charge in [-0.25, -0.2) is 4.98 Å². The van der Waals surface area contributed by atoms with Gasteiger partial charge in [0.25, 0.3) is 11.8 Å². The Morgan fingerprint density at radius 2 is 1.80 bits per heavy atom. The Morgan fingerprint density at radius 3 is 2.40 bits per heavy atom. The Labute approximate surface area is 145 Å². The molecule has 0 radical (unpaired) electrons. The summed E-state index contributed by atoms with van der Waals surface area (Å²) in [5, 5.41) is 0. The van der Waals surface area contributed by atoms with E-state index in [0.717, 1.165) is 5.82 Å². The van der Waals surface area contributed by atoms with Crippen molar-refractivity contribution < 1.29 is 14.3 Å². The summed E-state index contributed by atoms with van der Waals surface area (Å²) in [6, 6.07) is 6.69. The third-order valence-electron chi connectivity index (χ3n) is 3.92. The second kappa shape index (κ2) is 7.61. The summed E-state index contributed by atoms with van der Waals surface area (Å²) >= 11 is 0. The van der Waals surface area contributed by atoms with Crippen LogP contribution in [-0.4, -0.2) is 59.5 Å². The van der Waals surface area contributed by atoms with E-state index >= 15 is 0 Å². The highest BCUT2D eigenvalue weighted by atomic mass is 16.5. The molecule has 2 aromatic rings. The highest BCUT2D eigenvalue weighted by Gasteiger charge is 2.22. The highest BCUT2D eigenvalue weighted by Crippen LogP contribution is 2.16. The average Bonchev–Trinajstić information content (AvgIpc) is 2.67. The number of amides is 2. The van der Waals surface area contributed by atoms with E-state index in [-0.39, 0.29) is 12.5 Å². The number of rotatable bonds is 5. The molecule has 1 aromatic carbocycles. The number of hydrogen-bond donors (Lipinski definition) is 1. The molecule has 0 spiro atoms. The summed E-state index contributed by atoms with van der Waals surface area (Å²) in [5.41, 5.74) is 5.61. The molecule has 0 atom stereocenters. The van der Waals surface area contributed by atoms with Crippen molar-refractivity contribution in [2.45, 2.75) is 0 Å². The van der Waals surface area contributed by atoms with Crippen LogP contribution < -0.4 is 15.4 Å². The largest absolute Gasteiger partial charge is 0.484 e. The van der Waals surface area contributed by atoms with Gasteiger partial charge >= 0.3 is 0 Å². The molecule has 3 rings (SSSR count). The average molecular weight is 341 g/mol. The number of hydrogen-bond acceptors (Lipinski definition) is 6. The van der Waals surface area contributed by atoms with Crippen LogP contribution in [-0.2, 0) is 4.79 Å². The number of nitrogens with zero attached hydrogens (tertiary/aromatic N) is 4. The first-order chi connectivity index (χ1) is 12.1. The fraction of sp³-hybridized carbons (Fsp3) is 0.294. The SMILES string of the molecule is NC(=O)COc1ccc(C(=O)N2CCN(c3cnccn3)CC2)cc1. The molecular formula is C17H19N5O3. The quantitative estimate of drug-likeness (QED) is 0.839. The molecule has 2 amide bonds. The fourth-order valence-corrected chi connectivity index (χ4v) is 2.62. The van der Waals surface area contributed by atoms with Crippen molar-refractivity contribution in [1.82, 2.24) is 14.9 Å². The van der Waals surface area contributed by atoms with Crippen molar-refractivity contribution in [2.75, 3.05) is 37.7 Å². The number of primary amides is 1. The van der Waals surface area contributed by atoms with Gasteiger partial charge in [0.15, 0.2) is 6.61 Å². The van der Waals surface area contributed by atoms with Crippen LogP contribution in [0.2, 0.25) is 0 Å². The number of ether oxygens (including phenoxy) is 1. The first-order valence-corrected chi connectivity index (χ1v) is 7.95. The van der Waals surface area contributed by atoms with Gasteiger partial charge in [-0.05, 0) is 24.3 Å². The normalized spacial score (nSPS) is 14.2. The lowest BCUT2D eigenvalue weighted by Gasteiger charge is -2.35. The monoisotopic (exact) mass is 341 g/mol. The predicted octanol–water partition coefficient (Wildman–Crippen LogP) is 0.303. The van der Waals surface area contributed by atoms with Crippen molar-refractivity contribution >= 4 is 17.6 Å². The third-order valence-corrected chi connectivity index (χ3v) is 3.92. The van der Waals surface area contributed by atoms with Crippen LogP contribution >= 0.6 is 0 Å². The van der Waals surface area contributed by atoms with Crippen LogP contribution in [0.3, 0.4) is 0 Å². The lowest BCUT2D eigenvalue weighted by Crippen LogP contribution is -2.49. The number of piperazine rings is 1. The topological polar surface area (TPSA) is 102 Å². The second-order valence-electron chi connectivity index (χ2n) is 5.62. The Kier molecular flexibility index (Phi) is 5.08. The minimum Gasteiger partial charge on any atom is -0.484 e. The van der Waals surface area contributed by atoms with Gasteiger partial charge in [-0.15, -0.1) is 0 Å². The molecule has 8 nitrogen and oxygen atoms in total. The first-order valence-electron chi connectivity index (χ1n) is 7.95. The fourth-order valence-electron chi connectivity index (χ4n) is 2.62. The van der Waals surface area contributed by atoms with Gasteiger partial charge in [0, 0.05) is 44.1 Å². The van der Waals surface area contributed by atoms with Crippen LogP contribution in [0.5, 0.6) is 5.75 Å². The third kappa shape index (κ3) is 4.23. The summed E-state index contributed by atoms with van der Waals surface area (Å²) in [7, 11) is 0. The molecule has 0 bridgehead atoms. The molecule has 1 saturated heterocycles. The molecule has 25 heavy (non-hydrogen) atoms. The van der Waals surface area contributed by atoms with E-state index < -0.39 is 5.91 Å². The lowest BCUT2D eigenvalue weighted by atomic mass is 10.1. The van der Waals surface area contributed by atoms with Crippen LogP contribution in [0.4, 0.5) is 5.82 Å². The van der Waals surface area contributed by atoms with Crippen LogP contribution in [0, 0.1) is 0 Å². The molecule has 1 aromatic heterocycles. The Bertz CT molecular complexity index is 728. The Hall–Kier alpha value is -3.16. The van der Waals surface area contributed by atoms with Crippen LogP contribution in [0.15, 0.2) is 42.9 Å². The molecule has 1 fully saturated rings. The summed E-state index contributed by atoms with van der Waals surface area (Å²) < 4.78 is 5.19. The second-order valence-corrected chi connectivity index (χ2v) is 5.62. The van der Waals surface area contributed by atoms with Gasteiger partial charge in [0.05, 0.1) is 6.20 Å². The number of benzene rings is 1. The number of carbonyl (C=O) groups excluding carboxylic acids is 2. The van der Waals surface area contributed by atoms with Crippen LogP contribution in [0.1, 0.15) is 10.4 Å². The molecule has 2 heterocycles. The number of carbonyl (C=O) groups is 2. The van der Waals surface area contributed by atoms with E-state index in [9.17, 15) is 9.59 Å². The van der Waals surface area contributed by atoms with Gasteiger partial charge in [-0.2, -0.15) is 0 Å². The highest BCUT2D eigenvalue weighted by molar-refractivity contribution is 5.94. The summed E-state index contributed by atoms with van der Waals surface area (Å²) in [5.74, 6) is 0.759. The van der Waals surface area contributed by atoms with E-state index in [2.05, 4.69) is 14.9 Å². The van der Waals surface area contributed by atoms with Crippen molar-refractivity contribution in [2.24, 2.45) is 5.73 Å². The van der Waals surface area contributed by atoms with E-state index in [4.69, 9.17) is 10.5 Å². The minimum atomic E-state index is -0.541. The molecule has 8 heteroatoms. The molecule has 2 N–H and O–H groups in total. The van der Waals surface area contributed by atoms with Crippen molar-refractivity contribution in [3.8, 4) is 5.75 Å². The maximum absolute atomic E-state index is 12.6. The Morgan fingerprint density at radius 1 is 1.08 bits per heavy atom. The van der Waals surface area contributed by atoms with Gasteiger partial charge in [0.2, 0.25) is 0 Å². The van der Waals surface area contributed by atoms with Crippen molar-refractivity contribution in [3.63, 3.8) is 0 Å².